The molecule has 4 nitrogen and oxygen atoms in total. The van der Waals surface area contributed by atoms with Gasteiger partial charge in [-0.05, 0) is 84.9 Å². The number of thioether (sulfide) groups is 2. The summed E-state index contributed by atoms with van der Waals surface area (Å²) in [5.74, 6) is 2.10. The normalized spacial score (nSPS) is 11.3. The average molecular weight is 810 g/mol. The quantitative estimate of drug-likeness (QED) is 0.0654. The molecule has 8 heteroatoms. The fourth-order valence-electron chi connectivity index (χ4n) is 7.11. The summed E-state index contributed by atoms with van der Waals surface area (Å²) >= 11 is 16.1. The molecule has 2 heterocycles. The maximum atomic E-state index is 6.15. The Morgan fingerprint density at radius 1 is 0.446 bits per heavy atom. The van der Waals surface area contributed by atoms with E-state index < -0.39 is 0 Å². The van der Waals surface area contributed by atoms with E-state index in [1.807, 2.05) is 47.8 Å². The molecule has 0 aliphatic heterocycles. The molecule has 0 N–H and O–H groups in total. The maximum absolute atomic E-state index is 6.15. The lowest BCUT2D eigenvalue weighted by Crippen LogP contribution is -2.35. The Balaban J connectivity index is 0.848. The van der Waals surface area contributed by atoms with E-state index in [1.165, 1.54) is 42.7 Å². The molecule has 8 aromatic rings. The van der Waals surface area contributed by atoms with Gasteiger partial charge >= 0.3 is 0 Å². The molecular weight excluding hydrogens is 768 g/mol. The van der Waals surface area contributed by atoms with E-state index in [9.17, 15) is 0 Å². The Bertz CT molecular complexity index is 2400. The smallest absolute Gasteiger partial charge is 0.214 e. The molecule has 2 aromatic heterocycles. The van der Waals surface area contributed by atoms with Crippen LogP contribution < -0.4 is 18.9 Å². The Kier molecular flexibility index (Phi) is 11.8. The molecule has 0 unspecified atom stereocenters. The number of hydrogen-bond donors (Lipinski definition) is 0. The Morgan fingerprint density at radius 2 is 0.821 bits per heavy atom. The summed E-state index contributed by atoms with van der Waals surface area (Å²) in [6.07, 6.45) is 4.38. The van der Waals surface area contributed by atoms with Gasteiger partial charge in [-0.2, -0.15) is 9.13 Å². The summed E-state index contributed by atoms with van der Waals surface area (Å²) in [6, 6.07) is 55.7. The molecule has 0 atom stereocenters. The SMILES string of the molecule is CN(c1ccc(Cl)cc1)c1cc[n+](Cc2ccc(SCCSc3ccc(C[n+]4ccc(N(C)c5ccc(Cl)cc5)c5ccccc54)cc3)cc2)c2ccccc12. The molecule has 0 bridgehead atoms. The van der Waals surface area contributed by atoms with Crippen LogP contribution in [0.1, 0.15) is 11.1 Å². The first kappa shape index (κ1) is 37.9. The predicted molar refractivity (Wildman–Crippen MR) is 240 cm³/mol. The van der Waals surface area contributed by atoms with Gasteiger partial charge in [-0.15, -0.1) is 23.5 Å². The lowest BCUT2D eigenvalue weighted by Gasteiger charge is -2.20. The minimum absolute atomic E-state index is 0.742. The van der Waals surface area contributed by atoms with E-state index in [-0.39, 0.29) is 0 Å². The number of hydrogen-bond acceptors (Lipinski definition) is 4. The highest BCUT2D eigenvalue weighted by molar-refractivity contribution is 8.03. The van der Waals surface area contributed by atoms with Gasteiger partial charge in [-0.1, -0.05) is 71.7 Å². The number of nitrogens with zero attached hydrogens (tertiary/aromatic N) is 4. The first-order chi connectivity index (χ1) is 27.4. The zero-order chi connectivity index (χ0) is 38.4. The summed E-state index contributed by atoms with van der Waals surface area (Å²) in [5, 5.41) is 3.91. The molecule has 0 saturated carbocycles. The largest absolute Gasteiger partial charge is 0.344 e. The van der Waals surface area contributed by atoms with E-state index in [1.54, 1.807) is 0 Å². The van der Waals surface area contributed by atoms with Crippen LogP contribution in [0.25, 0.3) is 21.8 Å². The highest BCUT2D eigenvalue weighted by atomic mass is 35.5. The maximum Gasteiger partial charge on any atom is 0.214 e. The number of fused-ring (bicyclic) bond motifs is 2. The van der Waals surface area contributed by atoms with Gasteiger partial charge in [0, 0.05) is 92.2 Å². The zero-order valence-electron chi connectivity index (χ0n) is 31.4. The minimum atomic E-state index is 0.742. The molecule has 0 fully saturated rings. The Labute approximate surface area is 348 Å². The van der Waals surface area contributed by atoms with E-state index >= 15 is 0 Å². The first-order valence-corrected chi connectivity index (χ1v) is 21.4. The Hall–Kier alpha value is -4.98. The van der Waals surface area contributed by atoms with Crippen molar-refractivity contribution in [2.45, 2.75) is 22.9 Å². The number of rotatable bonds is 13. The molecule has 8 rings (SSSR count). The highest BCUT2D eigenvalue weighted by Gasteiger charge is 2.18. The summed E-state index contributed by atoms with van der Waals surface area (Å²) in [7, 11) is 4.21. The number of aromatic nitrogens is 2. The van der Waals surface area contributed by atoms with Gasteiger partial charge in [-0.3, -0.25) is 0 Å². The van der Waals surface area contributed by atoms with Crippen LogP contribution >= 0.6 is 46.7 Å². The molecule has 56 heavy (non-hydrogen) atoms. The number of anilines is 4. The van der Waals surface area contributed by atoms with E-state index in [0.29, 0.717) is 0 Å². The molecule has 0 spiro atoms. The lowest BCUT2D eigenvalue weighted by molar-refractivity contribution is -0.662. The fourth-order valence-corrected chi connectivity index (χ4v) is 9.15. The van der Waals surface area contributed by atoms with Crippen LogP contribution in [0, 0.1) is 0 Å². The molecular formula is C48H42Cl2N4S2+2. The second kappa shape index (κ2) is 17.4. The number of benzene rings is 6. The number of pyridine rings is 2. The van der Waals surface area contributed by atoms with Gasteiger partial charge < -0.3 is 9.80 Å². The standard InChI is InChI=1S/C48H42Cl2N4S2/c1-51(39-19-15-37(49)16-20-39)45-27-29-53(47-9-5-3-7-43(45)47)33-35-11-23-41(24-12-35)55-31-32-56-42-25-13-36(14-26-42)34-54-30-28-46(44-8-4-6-10-48(44)54)52(2)40-21-17-38(50)18-22-40/h3-30H,31-34H2,1-2H3/q+2. The van der Waals surface area contributed by atoms with E-state index in [4.69, 9.17) is 23.2 Å². The van der Waals surface area contributed by atoms with E-state index in [2.05, 4.69) is 179 Å². The van der Waals surface area contributed by atoms with Gasteiger partial charge in [0.1, 0.15) is 0 Å². The summed E-state index contributed by atoms with van der Waals surface area (Å²) in [4.78, 5) is 7.03. The third kappa shape index (κ3) is 8.69. The third-order valence-electron chi connectivity index (χ3n) is 10.1. The monoisotopic (exact) mass is 808 g/mol. The third-order valence-corrected chi connectivity index (χ3v) is 12.9. The van der Waals surface area contributed by atoms with Crippen LogP contribution in [-0.2, 0) is 13.1 Å². The molecule has 0 aliphatic rings. The van der Waals surface area contributed by atoms with Crippen LogP contribution in [-0.4, -0.2) is 25.6 Å². The van der Waals surface area contributed by atoms with Crippen LogP contribution in [0.5, 0.6) is 0 Å². The lowest BCUT2D eigenvalue weighted by atomic mass is 10.1. The van der Waals surface area contributed by atoms with Crippen LogP contribution in [0.2, 0.25) is 10.0 Å². The molecule has 278 valence electrons. The first-order valence-electron chi connectivity index (χ1n) is 18.6. The number of halogens is 2. The van der Waals surface area contributed by atoms with Gasteiger partial charge in [0.15, 0.2) is 25.5 Å². The highest BCUT2D eigenvalue weighted by Crippen LogP contribution is 2.32. The van der Waals surface area contributed by atoms with Crippen molar-refractivity contribution in [2.24, 2.45) is 0 Å². The van der Waals surface area contributed by atoms with Crippen molar-refractivity contribution in [3.05, 3.63) is 191 Å². The Morgan fingerprint density at radius 3 is 1.21 bits per heavy atom. The second-order valence-electron chi connectivity index (χ2n) is 13.7. The van der Waals surface area contributed by atoms with Crippen molar-refractivity contribution in [1.29, 1.82) is 0 Å². The summed E-state index contributed by atoms with van der Waals surface area (Å²) in [5.41, 5.74) is 9.49. The molecule has 0 radical (unpaired) electrons. The van der Waals surface area contributed by atoms with Crippen molar-refractivity contribution in [3.8, 4) is 0 Å². The molecule has 0 amide bonds. The van der Waals surface area contributed by atoms with Gasteiger partial charge in [0.2, 0.25) is 11.0 Å². The van der Waals surface area contributed by atoms with E-state index in [0.717, 1.165) is 57.4 Å². The van der Waals surface area contributed by atoms with Crippen molar-refractivity contribution in [1.82, 2.24) is 0 Å². The fraction of sp³-hybridized carbons (Fsp3) is 0.125. The van der Waals surface area contributed by atoms with Crippen molar-refractivity contribution < 1.29 is 9.13 Å². The second-order valence-corrected chi connectivity index (χ2v) is 17.0. The van der Waals surface area contributed by atoms with Crippen LogP contribution in [0.15, 0.2) is 180 Å². The van der Waals surface area contributed by atoms with Crippen molar-refractivity contribution >= 4 is 91.3 Å². The average Bonchev–Trinajstić information content (AvgIpc) is 3.24. The van der Waals surface area contributed by atoms with Crippen LogP contribution in [0.3, 0.4) is 0 Å². The minimum Gasteiger partial charge on any atom is -0.344 e. The topological polar surface area (TPSA) is 14.2 Å². The summed E-state index contributed by atoms with van der Waals surface area (Å²) in [6.45, 7) is 1.62. The number of para-hydroxylation sites is 2. The summed E-state index contributed by atoms with van der Waals surface area (Å²) < 4.78 is 4.66. The van der Waals surface area contributed by atoms with Gasteiger partial charge in [0.25, 0.3) is 0 Å². The predicted octanol–water partition coefficient (Wildman–Crippen LogP) is 12.4. The molecule has 0 aliphatic carbocycles. The zero-order valence-corrected chi connectivity index (χ0v) is 34.5. The van der Waals surface area contributed by atoms with Crippen molar-refractivity contribution in [3.63, 3.8) is 0 Å². The van der Waals surface area contributed by atoms with Gasteiger partial charge in [-0.25, -0.2) is 0 Å². The molecule has 6 aromatic carbocycles. The molecule has 0 saturated heterocycles. The van der Waals surface area contributed by atoms with Gasteiger partial charge in [0.05, 0.1) is 22.1 Å². The van der Waals surface area contributed by atoms with Crippen LogP contribution in [0.4, 0.5) is 22.7 Å². The van der Waals surface area contributed by atoms with Crippen molar-refractivity contribution in [2.75, 3.05) is 35.4 Å².